The van der Waals surface area contributed by atoms with Crippen LogP contribution in [0.1, 0.15) is 28.8 Å². The van der Waals surface area contributed by atoms with E-state index in [1.54, 1.807) is 0 Å². The highest BCUT2D eigenvalue weighted by Crippen LogP contribution is 2.18. The number of nitrogens with two attached hydrogens (primary N) is 1. The summed E-state index contributed by atoms with van der Waals surface area (Å²) in [4.78, 5) is 11.5. The highest BCUT2D eigenvalue weighted by Gasteiger charge is 2.12. The van der Waals surface area contributed by atoms with E-state index in [4.69, 9.17) is 15.7 Å². The van der Waals surface area contributed by atoms with E-state index in [1.807, 2.05) is 6.07 Å². The maximum absolute atomic E-state index is 13.3. The van der Waals surface area contributed by atoms with Crippen LogP contribution in [0.4, 0.5) is 10.1 Å². The van der Waals surface area contributed by atoms with Gasteiger partial charge in [-0.2, -0.15) is 5.26 Å². The van der Waals surface area contributed by atoms with Gasteiger partial charge in [0.2, 0.25) is 0 Å². The van der Waals surface area contributed by atoms with E-state index in [0.717, 1.165) is 6.07 Å². The van der Waals surface area contributed by atoms with Crippen LogP contribution >= 0.6 is 0 Å². The lowest BCUT2D eigenvalue weighted by atomic mass is 10.1. The van der Waals surface area contributed by atoms with Gasteiger partial charge in [-0.05, 0) is 25.5 Å². The van der Waals surface area contributed by atoms with Crippen molar-refractivity contribution in [3.63, 3.8) is 0 Å². The molecule has 5 heteroatoms. The molecule has 0 radical (unpaired) electrons. The van der Waals surface area contributed by atoms with Crippen molar-refractivity contribution in [3.8, 4) is 6.07 Å². The predicted octanol–water partition coefficient (Wildman–Crippen LogP) is 2.18. The van der Waals surface area contributed by atoms with Gasteiger partial charge in [0, 0.05) is 17.7 Å². The van der Waals surface area contributed by atoms with Crippen LogP contribution in [0.3, 0.4) is 0 Å². The van der Waals surface area contributed by atoms with Crippen LogP contribution in [0.5, 0.6) is 0 Å². The van der Waals surface area contributed by atoms with Crippen molar-refractivity contribution >= 4 is 11.7 Å². The van der Waals surface area contributed by atoms with Gasteiger partial charge >= 0.3 is 5.97 Å². The number of anilines is 1. The normalized spacial score (nSPS) is 9.71. The molecule has 90 valence electrons. The molecular weight excluding hydrogens is 223 g/mol. The molecule has 1 aromatic rings. The topological polar surface area (TPSA) is 76.1 Å². The van der Waals surface area contributed by atoms with E-state index in [-0.39, 0.29) is 17.9 Å². The quantitative estimate of drug-likeness (QED) is 0.494. The number of carbonyl (C=O) groups excluding carboxylic acids is 1. The van der Waals surface area contributed by atoms with Crippen molar-refractivity contribution in [1.29, 1.82) is 5.26 Å². The van der Waals surface area contributed by atoms with Gasteiger partial charge in [0.25, 0.3) is 0 Å². The molecule has 0 aliphatic carbocycles. The number of nitrogen functional groups attached to an aromatic ring is 1. The first-order valence-corrected chi connectivity index (χ1v) is 5.16. The third kappa shape index (κ3) is 3.45. The van der Waals surface area contributed by atoms with Gasteiger partial charge in [-0.25, -0.2) is 9.18 Å². The smallest absolute Gasteiger partial charge is 0.338 e. The second-order valence-corrected chi connectivity index (χ2v) is 3.57. The van der Waals surface area contributed by atoms with Gasteiger partial charge in [0.1, 0.15) is 5.82 Å². The summed E-state index contributed by atoms with van der Waals surface area (Å²) in [6.45, 7) is 1.68. The first-order valence-electron chi connectivity index (χ1n) is 5.16. The number of rotatable bonds is 4. The Balaban J connectivity index is 2.67. The van der Waals surface area contributed by atoms with Gasteiger partial charge in [0.15, 0.2) is 0 Å². The molecule has 0 bridgehead atoms. The second kappa shape index (κ2) is 5.85. The Kier molecular flexibility index (Phi) is 4.46. The Labute approximate surface area is 98.8 Å². The molecule has 1 rings (SSSR count). The molecule has 2 N–H and O–H groups in total. The molecule has 0 amide bonds. The number of nitriles is 1. The van der Waals surface area contributed by atoms with Crippen LogP contribution in [-0.4, -0.2) is 12.6 Å². The summed E-state index contributed by atoms with van der Waals surface area (Å²) in [5, 5.41) is 8.30. The fourth-order valence-corrected chi connectivity index (χ4v) is 1.22. The minimum Gasteiger partial charge on any atom is -0.462 e. The van der Waals surface area contributed by atoms with Crippen LogP contribution in [0.2, 0.25) is 0 Å². The highest BCUT2D eigenvalue weighted by atomic mass is 19.1. The van der Waals surface area contributed by atoms with Crippen LogP contribution in [0.15, 0.2) is 12.1 Å². The molecule has 4 nitrogen and oxygen atoms in total. The van der Waals surface area contributed by atoms with Crippen molar-refractivity contribution < 1.29 is 13.9 Å². The number of ether oxygens (including phenoxy) is 1. The predicted molar refractivity (Wildman–Crippen MR) is 60.7 cm³/mol. The summed E-state index contributed by atoms with van der Waals surface area (Å²) < 4.78 is 18.2. The molecular formula is C12H13FN2O2. The third-order valence-corrected chi connectivity index (χ3v) is 2.29. The summed E-state index contributed by atoms with van der Waals surface area (Å²) in [5.74, 6) is -1.16. The van der Waals surface area contributed by atoms with Crippen molar-refractivity contribution in [2.75, 3.05) is 12.3 Å². The van der Waals surface area contributed by atoms with E-state index in [0.29, 0.717) is 18.4 Å². The lowest BCUT2D eigenvalue weighted by Gasteiger charge is -2.06. The van der Waals surface area contributed by atoms with Crippen molar-refractivity contribution in [2.24, 2.45) is 0 Å². The Morgan fingerprint density at radius 2 is 2.29 bits per heavy atom. The number of benzene rings is 1. The first-order chi connectivity index (χ1) is 8.06. The molecule has 1 aromatic carbocycles. The van der Waals surface area contributed by atoms with E-state index >= 15 is 0 Å². The van der Waals surface area contributed by atoms with Crippen LogP contribution in [-0.2, 0) is 4.74 Å². The second-order valence-electron chi connectivity index (χ2n) is 3.57. The van der Waals surface area contributed by atoms with Crippen LogP contribution in [0, 0.1) is 24.1 Å². The molecule has 0 atom stereocenters. The molecule has 17 heavy (non-hydrogen) atoms. The SMILES string of the molecule is Cc1c(N)cc(C(=O)OCCCC#N)cc1F. The van der Waals surface area contributed by atoms with Crippen molar-refractivity contribution in [2.45, 2.75) is 19.8 Å². The molecule has 0 unspecified atom stereocenters. The summed E-state index contributed by atoms with van der Waals surface area (Å²) >= 11 is 0. The number of halogens is 1. The average Bonchev–Trinajstić information content (AvgIpc) is 2.30. The Hall–Kier alpha value is -2.09. The first kappa shape index (κ1) is 13.0. The molecule has 0 aliphatic rings. The monoisotopic (exact) mass is 236 g/mol. The van der Waals surface area contributed by atoms with Gasteiger partial charge in [0.05, 0.1) is 18.2 Å². The molecule has 0 heterocycles. The van der Waals surface area contributed by atoms with Crippen molar-refractivity contribution in [3.05, 3.63) is 29.1 Å². The Morgan fingerprint density at radius 1 is 1.59 bits per heavy atom. The highest BCUT2D eigenvalue weighted by molar-refractivity contribution is 5.90. The summed E-state index contributed by atoms with van der Waals surface area (Å²) in [6, 6.07) is 4.41. The molecule has 0 aliphatic heterocycles. The third-order valence-electron chi connectivity index (χ3n) is 2.29. The van der Waals surface area contributed by atoms with E-state index in [9.17, 15) is 9.18 Å². The molecule has 0 spiro atoms. The number of hydrogen-bond donors (Lipinski definition) is 1. The minimum atomic E-state index is -0.631. The van der Waals surface area contributed by atoms with E-state index in [2.05, 4.69) is 0 Å². The average molecular weight is 236 g/mol. The van der Waals surface area contributed by atoms with Gasteiger partial charge in [-0.15, -0.1) is 0 Å². The van der Waals surface area contributed by atoms with E-state index in [1.165, 1.54) is 13.0 Å². The van der Waals surface area contributed by atoms with E-state index < -0.39 is 11.8 Å². The summed E-state index contributed by atoms with van der Waals surface area (Å²) in [5.41, 5.74) is 6.16. The summed E-state index contributed by atoms with van der Waals surface area (Å²) in [7, 11) is 0. The lowest BCUT2D eigenvalue weighted by molar-refractivity contribution is 0.0501. The fraction of sp³-hybridized carbons (Fsp3) is 0.333. The van der Waals surface area contributed by atoms with Crippen LogP contribution in [0.25, 0.3) is 0 Å². The molecule has 0 saturated heterocycles. The number of nitrogens with zero attached hydrogens (tertiary/aromatic N) is 1. The molecule has 0 fully saturated rings. The minimum absolute atomic E-state index is 0.0857. The zero-order chi connectivity index (χ0) is 12.8. The largest absolute Gasteiger partial charge is 0.462 e. The number of carbonyl (C=O) groups is 1. The maximum Gasteiger partial charge on any atom is 0.338 e. The number of hydrogen-bond acceptors (Lipinski definition) is 4. The molecule has 0 saturated carbocycles. The molecule has 0 aromatic heterocycles. The fourth-order valence-electron chi connectivity index (χ4n) is 1.22. The number of unbranched alkanes of at least 4 members (excludes halogenated alkanes) is 1. The Morgan fingerprint density at radius 3 is 2.88 bits per heavy atom. The zero-order valence-electron chi connectivity index (χ0n) is 9.50. The lowest BCUT2D eigenvalue weighted by Crippen LogP contribution is -2.08. The van der Waals surface area contributed by atoms with Crippen LogP contribution < -0.4 is 5.73 Å². The summed E-state index contributed by atoms with van der Waals surface area (Å²) in [6.07, 6.45) is 0.781. The standard InChI is InChI=1S/C12H13FN2O2/c1-8-10(13)6-9(7-11(8)15)12(16)17-5-3-2-4-14/h6-7H,2-3,5,15H2,1H3. The van der Waals surface area contributed by atoms with Crippen molar-refractivity contribution in [1.82, 2.24) is 0 Å². The van der Waals surface area contributed by atoms with Gasteiger partial charge in [-0.3, -0.25) is 0 Å². The van der Waals surface area contributed by atoms with Gasteiger partial charge in [-0.1, -0.05) is 0 Å². The number of esters is 1. The Bertz CT molecular complexity index is 443. The van der Waals surface area contributed by atoms with Gasteiger partial charge < -0.3 is 10.5 Å². The maximum atomic E-state index is 13.3. The zero-order valence-corrected chi connectivity index (χ0v) is 9.50.